The van der Waals surface area contributed by atoms with Crippen LogP contribution in [0.3, 0.4) is 0 Å². The van der Waals surface area contributed by atoms with E-state index in [9.17, 15) is 18.3 Å². The van der Waals surface area contributed by atoms with Gasteiger partial charge in [-0.05, 0) is 27.7 Å². The van der Waals surface area contributed by atoms with Gasteiger partial charge in [-0.15, -0.1) is 0 Å². The topological polar surface area (TPSA) is 132 Å². The van der Waals surface area contributed by atoms with E-state index in [1.54, 1.807) is 0 Å². The van der Waals surface area contributed by atoms with E-state index < -0.39 is 38.2 Å². The van der Waals surface area contributed by atoms with Crippen molar-refractivity contribution in [3.05, 3.63) is 11.4 Å². The van der Waals surface area contributed by atoms with Gasteiger partial charge in [0.1, 0.15) is 4.90 Å². The predicted octanol–water partition coefficient (Wildman–Crippen LogP) is -0.146. The molecule has 0 bridgehead atoms. The van der Waals surface area contributed by atoms with E-state index in [2.05, 4.69) is 14.9 Å². The second-order valence-corrected chi connectivity index (χ2v) is 6.45. The molecule has 19 heavy (non-hydrogen) atoms. The Bertz CT molecular complexity index is 588. The van der Waals surface area contributed by atoms with Crippen LogP contribution in [0.5, 0.6) is 0 Å². The molecule has 0 aliphatic heterocycles. The van der Waals surface area contributed by atoms with Crippen molar-refractivity contribution in [1.82, 2.24) is 14.9 Å². The third kappa shape index (κ3) is 3.11. The Morgan fingerprint density at radius 3 is 2.42 bits per heavy atom. The maximum absolute atomic E-state index is 12.2. The maximum Gasteiger partial charge on any atom is 0.357 e. The molecule has 1 unspecified atom stereocenters. The highest BCUT2D eigenvalue weighted by molar-refractivity contribution is 7.89. The normalized spacial score (nSPS) is 14.4. The molecular weight excluding hydrogens is 274 g/mol. The Balaban J connectivity index is 3.30. The number of carboxylic acids is 1. The van der Waals surface area contributed by atoms with Gasteiger partial charge in [0, 0.05) is 0 Å². The molecule has 0 saturated heterocycles. The van der Waals surface area contributed by atoms with Crippen molar-refractivity contribution in [3.63, 3.8) is 0 Å². The number of H-pyrrole nitrogens is 1. The lowest BCUT2D eigenvalue weighted by atomic mass is 10.0. The molecule has 4 N–H and O–H groups in total. The highest BCUT2D eigenvalue weighted by Crippen LogP contribution is 2.21. The fraction of sp³-hybridized carbons (Fsp3) is 0.600. The minimum absolute atomic E-state index is 0.117. The Labute approximate surface area is 110 Å². The molecule has 8 nitrogen and oxygen atoms in total. The fourth-order valence-electron chi connectivity index (χ4n) is 1.38. The maximum atomic E-state index is 12.2. The van der Waals surface area contributed by atoms with Gasteiger partial charge in [0.05, 0.1) is 17.3 Å². The number of nitrogens with one attached hydrogen (secondary N) is 2. The average Bonchev–Trinajstić information content (AvgIpc) is 2.58. The minimum atomic E-state index is -4.11. The largest absolute Gasteiger partial charge is 0.476 e. The number of aliphatic hydroxyl groups is 1. The van der Waals surface area contributed by atoms with Crippen LogP contribution in [0.25, 0.3) is 0 Å². The van der Waals surface area contributed by atoms with Gasteiger partial charge < -0.3 is 10.2 Å². The van der Waals surface area contributed by atoms with Crippen molar-refractivity contribution < 1.29 is 23.4 Å². The minimum Gasteiger partial charge on any atom is -0.476 e. The summed E-state index contributed by atoms with van der Waals surface area (Å²) in [6.45, 7) is 5.82. The molecule has 0 saturated carbocycles. The van der Waals surface area contributed by atoms with Crippen molar-refractivity contribution in [2.24, 2.45) is 0 Å². The molecule has 0 aliphatic carbocycles. The lowest BCUT2D eigenvalue weighted by Crippen LogP contribution is -2.51. The van der Waals surface area contributed by atoms with Crippen molar-refractivity contribution in [2.75, 3.05) is 0 Å². The summed E-state index contributed by atoms with van der Waals surface area (Å²) in [6, 6.07) is 0. The van der Waals surface area contributed by atoms with Crippen LogP contribution in [0.15, 0.2) is 4.90 Å². The quantitative estimate of drug-likeness (QED) is 0.596. The van der Waals surface area contributed by atoms with Crippen molar-refractivity contribution in [2.45, 2.75) is 44.2 Å². The fourth-order valence-corrected chi connectivity index (χ4v) is 3.18. The zero-order chi connectivity index (χ0) is 15.0. The van der Waals surface area contributed by atoms with Crippen molar-refractivity contribution in [3.8, 4) is 0 Å². The van der Waals surface area contributed by atoms with Gasteiger partial charge in [-0.25, -0.2) is 17.9 Å². The monoisotopic (exact) mass is 291 g/mol. The summed E-state index contributed by atoms with van der Waals surface area (Å²) < 4.78 is 26.7. The van der Waals surface area contributed by atoms with Gasteiger partial charge in [0.15, 0.2) is 5.69 Å². The zero-order valence-electron chi connectivity index (χ0n) is 11.1. The Hall–Kier alpha value is -1.45. The number of aromatic amines is 1. The number of sulfonamides is 1. The molecule has 1 atom stereocenters. The third-order valence-electron chi connectivity index (χ3n) is 2.80. The van der Waals surface area contributed by atoms with Crippen LogP contribution in [0.4, 0.5) is 0 Å². The van der Waals surface area contributed by atoms with Crippen LogP contribution in [0.2, 0.25) is 0 Å². The van der Waals surface area contributed by atoms with E-state index in [0.717, 1.165) is 0 Å². The number of aliphatic hydroxyl groups excluding tert-OH is 1. The lowest BCUT2D eigenvalue weighted by Gasteiger charge is -2.28. The molecular formula is C10H17N3O5S. The van der Waals surface area contributed by atoms with Crippen molar-refractivity contribution >= 4 is 16.0 Å². The average molecular weight is 291 g/mol. The summed E-state index contributed by atoms with van der Waals surface area (Å²) in [5, 5.41) is 24.2. The van der Waals surface area contributed by atoms with Crippen LogP contribution in [-0.2, 0) is 10.0 Å². The van der Waals surface area contributed by atoms with Crippen LogP contribution >= 0.6 is 0 Å². The lowest BCUT2D eigenvalue weighted by molar-refractivity contribution is 0.0686. The van der Waals surface area contributed by atoms with Crippen LogP contribution < -0.4 is 4.72 Å². The summed E-state index contributed by atoms with van der Waals surface area (Å²) in [7, 11) is -4.11. The number of hydrogen-bond acceptors (Lipinski definition) is 5. The summed E-state index contributed by atoms with van der Waals surface area (Å²) in [5.41, 5.74) is -1.60. The van der Waals surface area contributed by atoms with Crippen molar-refractivity contribution in [1.29, 1.82) is 0 Å². The zero-order valence-corrected chi connectivity index (χ0v) is 11.9. The highest BCUT2D eigenvalue weighted by Gasteiger charge is 2.35. The van der Waals surface area contributed by atoms with E-state index in [4.69, 9.17) is 5.11 Å². The molecule has 0 aromatic carbocycles. The molecule has 1 heterocycles. The number of carboxylic acid groups (broad SMARTS) is 1. The summed E-state index contributed by atoms with van der Waals surface area (Å²) in [6.07, 6.45) is -0.956. The van der Waals surface area contributed by atoms with Crippen LogP contribution in [0, 0.1) is 6.92 Å². The van der Waals surface area contributed by atoms with E-state index >= 15 is 0 Å². The first-order valence-electron chi connectivity index (χ1n) is 5.49. The van der Waals surface area contributed by atoms with Gasteiger partial charge in [0.2, 0.25) is 10.0 Å². The standard InChI is InChI=1S/C10H17N3O5S/c1-5-8(7(9(15)16)12-11-5)19(17,18)13-10(3,4)6(2)14/h6,13-14H,1-4H3,(H,11,12)(H,15,16). The first-order valence-corrected chi connectivity index (χ1v) is 6.97. The molecule has 0 aliphatic rings. The first-order chi connectivity index (χ1) is 8.49. The molecule has 1 rings (SSSR count). The molecule has 0 radical (unpaired) electrons. The van der Waals surface area contributed by atoms with Gasteiger partial charge >= 0.3 is 5.97 Å². The van der Waals surface area contributed by atoms with E-state index in [-0.39, 0.29) is 5.69 Å². The molecule has 1 aromatic heterocycles. The second kappa shape index (κ2) is 4.91. The number of aryl methyl sites for hydroxylation is 1. The Kier molecular flexibility index (Phi) is 4.03. The second-order valence-electron chi connectivity index (χ2n) is 4.83. The SMILES string of the molecule is Cc1[nH]nc(C(=O)O)c1S(=O)(=O)NC(C)(C)C(C)O. The number of aromatic carboxylic acids is 1. The van der Waals surface area contributed by atoms with Gasteiger partial charge in [-0.2, -0.15) is 5.10 Å². The van der Waals surface area contributed by atoms with E-state index in [0.29, 0.717) is 0 Å². The van der Waals surface area contributed by atoms with Gasteiger partial charge in [0.25, 0.3) is 0 Å². The highest BCUT2D eigenvalue weighted by atomic mass is 32.2. The van der Waals surface area contributed by atoms with Crippen LogP contribution in [0.1, 0.15) is 37.0 Å². The smallest absolute Gasteiger partial charge is 0.357 e. The number of nitrogens with zero attached hydrogens (tertiary/aromatic N) is 1. The molecule has 108 valence electrons. The number of aromatic nitrogens is 2. The number of rotatable bonds is 5. The summed E-state index contributed by atoms with van der Waals surface area (Å²) >= 11 is 0. The van der Waals surface area contributed by atoms with Gasteiger partial charge in [-0.1, -0.05) is 0 Å². The van der Waals surface area contributed by atoms with Gasteiger partial charge in [-0.3, -0.25) is 5.10 Å². The molecule has 0 amide bonds. The summed E-state index contributed by atoms with van der Waals surface area (Å²) in [4.78, 5) is 10.5. The molecule has 0 spiro atoms. The van der Waals surface area contributed by atoms with E-state index in [1.165, 1.54) is 27.7 Å². The van der Waals surface area contributed by atoms with Crippen LogP contribution in [-0.4, -0.2) is 46.4 Å². The molecule has 0 fully saturated rings. The predicted molar refractivity (Wildman–Crippen MR) is 66.4 cm³/mol. The number of hydrogen-bond donors (Lipinski definition) is 4. The Morgan fingerprint density at radius 2 is 2.00 bits per heavy atom. The van der Waals surface area contributed by atoms with E-state index in [1.807, 2.05) is 0 Å². The summed E-state index contributed by atoms with van der Waals surface area (Å²) in [5.74, 6) is -1.44. The molecule has 9 heteroatoms. The third-order valence-corrected chi connectivity index (χ3v) is 4.64. The molecule has 1 aromatic rings. The Morgan fingerprint density at radius 1 is 1.47 bits per heavy atom. The number of carbonyl (C=O) groups is 1. The first kappa shape index (κ1) is 15.6.